The normalized spacial score (nSPS) is 11.6. The first kappa shape index (κ1) is 18.1. The Hall–Kier alpha value is -2.69. The van der Waals surface area contributed by atoms with Crippen molar-refractivity contribution in [3.8, 4) is 0 Å². The number of fused-ring (bicyclic) bond motifs is 1. The molecule has 4 nitrogen and oxygen atoms in total. The van der Waals surface area contributed by atoms with Crippen molar-refractivity contribution in [2.75, 3.05) is 26.8 Å². The Labute approximate surface area is 153 Å². The molecule has 26 heavy (non-hydrogen) atoms. The van der Waals surface area contributed by atoms with Gasteiger partial charge in [0.25, 0.3) is 0 Å². The number of nitrogens with zero attached hydrogens (tertiary/aromatic N) is 1. The molecule has 0 aliphatic heterocycles. The SMILES string of the molecule is COCCN(C/C=C/c1ccccc1)Cc1coc2ccccc2c1=O. The monoisotopic (exact) mass is 349 g/mol. The predicted octanol–water partition coefficient (Wildman–Crippen LogP) is 3.95. The zero-order valence-electron chi connectivity index (χ0n) is 14.9. The molecule has 0 unspecified atom stereocenters. The van der Waals surface area contributed by atoms with Crippen LogP contribution in [0.4, 0.5) is 0 Å². The van der Waals surface area contributed by atoms with Gasteiger partial charge in [-0.05, 0) is 17.7 Å². The quantitative estimate of drug-likeness (QED) is 0.617. The number of rotatable bonds is 8. The van der Waals surface area contributed by atoms with Gasteiger partial charge in [0.2, 0.25) is 0 Å². The van der Waals surface area contributed by atoms with E-state index in [9.17, 15) is 4.79 Å². The zero-order valence-corrected chi connectivity index (χ0v) is 14.9. The second-order valence-electron chi connectivity index (χ2n) is 6.13. The van der Waals surface area contributed by atoms with E-state index in [4.69, 9.17) is 9.15 Å². The first-order valence-electron chi connectivity index (χ1n) is 8.70. The van der Waals surface area contributed by atoms with Crippen molar-refractivity contribution in [3.05, 3.63) is 88.3 Å². The molecule has 2 aromatic carbocycles. The van der Waals surface area contributed by atoms with Crippen LogP contribution in [0.2, 0.25) is 0 Å². The fourth-order valence-corrected chi connectivity index (χ4v) is 2.83. The fraction of sp³-hybridized carbons (Fsp3) is 0.227. The zero-order chi connectivity index (χ0) is 18.2. The average molecular weight is 349 g/mol. The lowest BCUT2D eigenvalue weighted by Crippen LogP contribution is -2.29. The van der Waals surface area contributed by atoms with Gasteiger partial charge in [-0.2, -0.15) is 0 Å². The molecule has 0 N–H and O–H groups in total. The highest BCUT2D eigenvalue weighted by Gasteiger charge is 2.11. The molecule has 134 valence electrons. The van der Waals surface area contributed by atoms with Crippen molar-refractivity contribution in [2.24, 2.45) is 0 Å². The van der Waals surface area contributed by atoms with Crippen LogP contribution in [0, 0.1) is 0 Å². The summed E-state index contributed by atoms with van der Waals surface area (Å²) in [6.07, 6.45) is 5.77. The maximum Gasteiger partial charge on any atom is 0.197 e. The third kappa shape index (κ3) is 4.69. The summed E-state index contributed by atoms with van der Waals surface area (Å²) >= 11 is 0. The molecule has 0 bridgehead atoms. The van der Waals surface area contributed by atoms with E-state index in [-0.39, 0.29) is 5.43 Å². The van der Waals surface area contributed by atoms with Crippen LogP contribution in [-0.4, -0.2) is 31.7 Å². The number of hydrogen-bond acceptors (Lipinski definition) is 4. The molecule has 1 aromatic heterocycles. The highest BCUT2D eigenvalue weighted by atomic mass is 16.5. The van der Waals surface area contributed by atoms with E-state index in [1.807, 2.05) is 36.4 Å². The van der Waals surface area contributed by atoms with Crippen LogP contribution in [-0.2, 0) is 11.3 Å². The standard InChI is InChI=1S/C22H23NO3/c1-25-15-14-23(13-7-10-18-8-3-2-4-9-18)16-19-17-26-21-12-6-5-11-20(21)22(19)24/h2-12,17H,13-16H2,1H3/b10-7+. The lowest BCUT2D eigenvalue weighted by atomic mass is 10.1. The molecular formula is C22H23NO3. The van der Waals surface area contributed by atoms with Gasteiger partial charge in [-0.15, -0.1) is 0 Å². The van der Waals surface area contributed by atoms with E-state index in [1.165, 1.54) is 0 Å². The Bertz CT molecular complexity index is 915. The van der Waals surface area contributed by atoms with Crippen LogP contribution in [0.15, 0.2) is 76.1 Å². The predicted molar refractivity (Wildman–Crippen MR) is 105 cm³/mol. The minimum absolute atomic E-state index is 0.0290. The summed E-state index contributed by atoms with van der Waals surface area (Å²) in [5.41, 5.74) is 2.47. The third-order valence-electron chi connectivity index (χ3n) is 4.23. The van der Waals surface area contributed by atoms with E-state index < -0.39 is 0 Å². The van der Waals surface area contributed by atoms with Crippen LogP contribution in [0.25, 0.3) is 17.0 Å². The first-order chi connectivity index (χ1) is 12.8. The van der Waals surface area contributed by atoms with Crippen molar-refractivity contribution in [2.45, 2.75) is 6.54 Å². The summed E-state index contributed by atoms with van der Waals surface area (Å²) in [5.74, 6) is 0. The minimum Gasteiger partial charge on any atom is -0.464 e. The van der Waals surface area contributed by atoms with Crippen molar-refractivity contribution < 1.29 is 9.15 Å². The average Bonchev–Trinajstić information content (AvgIpc) is 2.69. The van der Waals surface area contributed by atoms with E-state index in [1.54, 1.807) is 19.4 Å². The van der Waals surface area contributed by atoms with Crippen LogP contribution >= 0.6 is 0 Å². The molecule has 4 heteroatoms. The summed E-state index contributed by atoms with van der Waals surface area (Å²) in [5, 5.41) is 0.622. The largest absolute Gasteiger partial charge is 0.464 e. The Morgan fingerprint density at radius 3 is 2.65 bits per heavy atom. The smallest absolute Gasteiger partial charge is 0.197 e. The van der Waals surface area contributed by atoms with Crippen LogP contribution < -0.4 is 5.43 Å². The van der Waals surface area contributed by atoms with E-state index in [0.29, 0.717) is 29.7 Å². The van der Waals surface area contributed by atoms with Crippen molar-refractivity contribution in [3.63, 3.8) is 0 Å². The Morgan fingerprint density at radius 1 is 1.08 bits per heavy atom. The molecule has 0 atom stereocenters. The highest BCUT2D eigenvalue weighted by molar-refractivity contribution is 5.76. The Kier molecular flexibility index (Phi) is 6.36. The highest BCUT2D eigenvalue weighted by Crippen LogP contribution is 2.12. The lowest BCUT2D eigenvalue weighted by molar-refractivity contribution is 0.150. The molecule has 0 amide bonds. The minimum atomic E-state index is 0.0290. The second kappa shape index (κ2) is 9.13. The molecule has 0 aliphatic rings. The second-order valence-corrected chi connectivity index (χ2v) is 6.13. The van der Waals surface area contributed by atoms with Gasteiger partial charge in [-0.3, -0.25) is 9.69 Å². The van der Waals surface area contributed by atoms with Gasteiger partial charge >= 0.3 is 0 Å². The van der Waals surface area contributed by atoms with E-state index >= 15 is 0 Å². The van der Waals surface area contributed by atoms with Gasteiger partial charge < -0.3 is 9.15 Å². The summed E-state index contributed by atoms with van der Waals surface area (Å²) in [7, 11) is 1.68. The Balaban J connectivity index is 1.75. The fourth-order valence-electron chi connectivity index (χ4n) is 2.83. The number of para-hydroxylation sites is 1. The number of ether oxygens (including phenoxy) is 1. The van der Waals surface area contributed by atoms with Gasteiger partial charge in [0.1, 0.15) is 5.58 Å². The maximum atomic E-state index is 12.7. The molecule has 3 aromatic rings. The molecule has 1 heterocycles. The summed E-state index contributed by atoms with van der Waals surface area (Å²) < 4.78 is 10.8. The number of hydrogen-bond donors (Lipinski definition) is 0. The molecule has 0 fully saturated rings. The molecule has 0 radical (unpaired) electrons. The van der Waals surface area contributed by atoms with Gasteiger partial charge in [-0.1, -0.05) is 54.6 Å². The van der Waals surface area contributed by atoms with Gasteiger partial charge in [0.05, 0.1) is 18.3 Å². The first-order valence-corrected chi connectivity index (χ1v) is 8.70. The van der Waals surface area contributed by atoms with Crippen molar-refractivity contribution in [1.82, 2.24) is 4.90 Å². The topological polar surface area (TPSA) is 42.7 Å². The van der Waals surface area contributed by atoms with Crippen LogP contribution in [0.5, 0.6) is 0 Å². The molecule has 3 rings (SSSR count). The summed E-state index contributed by atoms with van der Waals surface area (Å²) in [6, 6.07) is 17.5. The van der Waals surface area contributed by atoms with Crippen LogP contribution in [0.1, 0.15) is 11.1 Å². The van der Waals surface area contributed by atoms with Crippen LogP contribution in [0.3, 0.4) is 0 Å². The lowest BCUT2D eigenvalue weighted by Gasteiger charge is -2.20. The summed E-state index contributed by atoms with van der Waals surface area (Å²) in [6.45, 7) is 2.60. The van der Waals surface area contributed by atoms with Crippen molar-refractivity contribution in [1.29, 1.82) is 0 Å². The van der Waals surface area contributed by atoms with Gasteiger partial charge in [0.15, 0.2) is 5.43 Å². The maximum absolute atomic E-state index is 12.7. The van der Waals surface area contributed by atoms with E-state index in [2.05, 4.69) is 29.2 Å². The van der Waals surface area contributed by atoms with Gasteiger partial charge in [-0.25, -0.2) is 0 Å². The molecule has 0 aliphatic carbocycles. The molecule has 0 spiro atoms. The molecule has 0 saturated heterocycles. The van der Waals surface area contributed by atoms with E-state index in [0.717, 1.165) is 18.7 Å². The number of methoxy groups -OCH3 is 1. The summed E-state index contributed by atoms with van der Waals surface area (Å²) in [4.78, 5) is 14.9. The molecular weight excluding hydrogens is 326 g/mol. The van der Waals surface area contributed by atoms with Gasteiger partial charge in [0, 0.05) is 32.3 Å². The molecule has 0 saturated carbocycles. The van der Waals surface area contributed by atoms with Crippen molar-refractivity contribution >= 4 is 17.0 Å². The number of benzene rings is 2. The Morgan fingerprint density at radius 2 is 1.85 bits per heavy atom. The third-order valence-corrected chi connectivity index (χ3v) is 4.23.